The first-order valence-electron chi connectivity index (χ1n) is 6.11. The molecule has 0 fully saturated rings. The maximum atomic E-state index is 12.4. The van der Waals surface area contributed by atoms with Crippen molar-refractivity contribution in [3.63, 3.8) is 0 Å². The van der Waals surface area contributed by atoms with Gasteiger partial charge in [0.1, 0.15) is 4.90 Å². The van der Waals surface area contributed by atoms with E-state index in [4.69, 9.17) is 5.73 Å². The minimum atomic E-state index is -3.63. The van der Waals surface area contributed by atoms with Crippen molar-refractivity contribution in [1.82, 2.24) is 14.1 Å². The molecule has 1 aromatic heterocycles. The number of nitrogens with two attached hydrogens (primary N) is 1. The van der Waals surface area contributed by atoms with Gasteiger partial charge in [0.25, 0.3) is 0 Å². The summed E-state index contributed by atoms with van der Waals surface area (Å²) >= 11 is 0. The van der Waals surface area contributed by atoms with Gasteiger partial charge >= 0.3 is 0 Å². The van der Waals surface area contributed by atoms with Crippen molar-refractivity contribution in [1.29, 1.82) is 0 Å². The molecule has 20 heavy (non-hydrogen) atoms. The van der Waals surface area contributed by atoms with E-state index in [2.05, 4.69) is 5.10 Å². The molecule has 0 atom stereocenters. The van der Waals surface area contributed by atoms with Crippen molar-refractivity contribution in [3.05, 3.63) is 41.6 Å². The molecule has 2 N–H and O–H groups in total. The molecule has 0 amide bonds. The van der Waals surface area contributed by atoms with Crippen LogP contribution in [0.1, 0.15) is 11.1 Å². The van der Waals surface area contributed by atoms with E-state index in [0.717, 1.165) is 11.1 Å². The fourth-order valence-electron chi connectivity index (χ4n) is 2.00. The van der Waals surface area contributed by atoms with E-state index < -0.39 is 10.0 Å². The summed E-state index contributed by atoms with van der Waals surface area (Å²) in [5.74, 6) is 0.0172. The Labute approximate surface area is 118 Å². The maximum Gasteiger partial charge on any atom is 0.248 e. The lowest BCUT2D eigenvalue weighted by atomic mass is 10.1. The Bertz CT molecular complexity index is 722. The third-order valence-electron chi connectivity index (χ3n) is 3.00. The van der Waals surface area contributed by atoms with Gasteiger partial charge in [-0.3, -0.25) is 4.68 Å². The van der Waals surface area contributed by atoms with E-state index in [-0.39, 0.29) is 10.7 Å². The summed E-state index contributed by atoms with van der Waals surface area (Å²) in [6.07, 6.45) is 1.41. The number of hydrogen-bond acceptors (Lipinski definition) is 4. The molecule has 0 radical (unpaired) electrons. The number of benzene rings is 1. The van der Waals surface area contributed by atoms with Crippen molar-refractivity contribution in [2.75, 3.05) is 12.8 Å². The largest absolute Gasteiger partial charge is 0.381 e. The summed E-state index contributed by atoms with van der Waals surface area (Å²) in [6.45, 7) is 2.26. The molecule has 1 aromatic carbocycles. The molecule has 2 rings (SSSR count). The summed E-state index contributed by atoms with van der Waals surface area (Å²) in [5, 5.41) is 3.87. The van der Waals surface area contributed by atoms with E-state index in [9.17, 15) is 8.42 Å². The number of nitrogen functional groups attached to an aromatic ring is 1. The smallest absolute Gasteiger partial charge is 0.248 e. The van der Waals surface area contributed by atoms with Crippen LogP contribution in [0.2, 0.25) is 0 Å². The van der Waals surface area contributed by atoms with E-state index in [1.165, 1.54) is 22.2 Å². The number of aryl methyl sites for hydroxylation is 2. The second-order valence-corrected chi connectivity index (χ2v) is 6.82. The topological polar surface area (TPSA) is 81.2 Å². The van der Waals surface area contributed by atoms with Gasteiger partial charge in [0.2, 0.25) is 10.0 Å². The molecule has 0 aliphatic rings. The standard InChI is InChI=1S/C13H18N4O2S/c1-10-5-4-6-11(7-10)8-17(3)20(18,19)12-9-16(2)15-13(12)14/h4-7,9H,8H2,1-3H3,(H2,14,15). The predicted molar refractivity (Wildman–Crippen MR) is 77.5 cm³/mol. The van der Waals surface area contributed by atoms with Gasteiger partial charge in [-0.1, -0.05) is 29.8 Å². The second kappa shape index (κ2) is 5.26. The summed E-state index contributed by atoms with van der Waals surface area (Å²) < 4.78 is 27.6. The predicted octanol–water partition coefficient (Wildman–Crippen LogP) is 1.13. The van der Waals surface area contributed by atoms with Gasteiger partial charge < -0.3 is 5.73 Å². The number of sulfonamides is 1. The van der Waals surface area contributed by atoms with Gasteiger partial charge in [-0.15, -0.1) is 0 Å². The molecule has 0 aliphatic heterocycles. The van der Waals surface area contributed by atoms with Crippen molar-refractivity contribution in [3.8, 4) is 0 Å². The minimum Gasteiger partial charge on any atom is -0.381 e. The van der Waals surface area contributed by atoms with Gasteiger partial charge in [0.15, 0.2) is 5.82 Å². The molecule has 0 saturated carbocycles. The van der Waals surface area contributed by atoms with Crippen LogP contribution in [0.5, 0.6) is 0 Å². The highest BCUT2D eigenvalue weighted by Gasteiger charge is 2.25. The zero-order valence-corrected chi connectivity index (χ0v) is 12.6. The molecule has 6 nitrogen and oxygen atoms in total. The van der Waals surface area contributed by atoms with Crippen LogP contribution in [0.4, 0.5) is 5.82 Å². The molecule has 0 bridgehead atoms. The second-order valence-electron chi connectivity index (χ2n) is 4.80. The molecule has 0 unspecified atom stereocenters. The molecule has 7 heteroatoms. The molecular formula is C13H18N4O2S. The van der Waals surface area contributed by atoms with Crippen molar-refractivity contribution < 1.29 is 8.42 Å². The quantitative estimate of drug-likeness (QED) is 0.916. The monoisotopic (exact) mass is 294 g/mol. The maximum absolute atomic E-state index is 12.4. The molecule has 108 valence electrons. The Morgan fingerprint density at radius 2 is 2.10 bits per heavy atom. The first-order chi connectivity index (χ1) is 9.30. The average Bonchev–Trinajstić information content (AvgIpc) is 2.69. The normalized spacial score (nSPS) is 12.0. The van der Waals surface area contributed by atoms with E-state index >= 15 is 0 Å². The van der Waals surface area contributed by atoms with Crippen molar-refractivity contribution in [2.45, 2.75) is 18.4 Å². The summed E-state index contributed by atoms with van der Waals surface area (Å²) in [7, 11) is -0.468. The Hall–Kier alpha value is -1.86. The van der Waals surface area contributed by atoms with Gasteiger partial charge in [-0.2, -0.15) is 9.40 Å². The van der Waals surface area contributed by atoms with Crippen LogP contribution in [-0.2, 0) is 23.6 Å². The van der Waals surface area contributed by atoms with Gasteiger partial charge in [0.05, 0.1) is 0 Å². The molecule has 2 aromatic rings. The number of rotatable bonds is 4. The highest BCUT2D eigenvalue weighted by molar-refractivity contribution is 7.89. The fraction of sp³-hybridized carbons (Fsp3) is 0.308. The lowest BCUT2D eigenvalue weighted by Gasteiger charge is -2.16. The van der Waals surface area contributed by atoms with Gasteiger partial charge in [-0.25, -0.2) is 8.42 Å². The lowest BCUT2D eigenvalue weighted by Crippen LogP contribution is -2.26. The zero-order chi connectivity index (χ0) is 14.9. The Kier molecular flexibility index (Phi) is 3.82. The Morgan fingerprint density at radius 3 is 2.65 bits per heavy atom. The number of aromatic nitrogens is 2. The molecule has 0 spiro atoms. The van der Waals surface area contributed by atoms with Crippen LogP contribution in [0, 0.1) is 6.92 Å². The first kappa shape index (κ1) is 14.5. The number of nitrogens with zero attached hydrogens (tertiary/aromatic N) is 3. The third-order valence-corrected chi connectivity index (χ3v) is 4.82. The van der Waals surface area contributed by atoms with Crippen LogP contribution in [0.3, 0.4) is 0 Å². The SMILES string of the molecule is Cc1cccc(CN(C)S(=O)(=O)c2cn(C)nc2N)c1. The average molecular weight is 294 g/mol. The summed E-state index contributed by atoms with van der Waals surface area (Å²) in [4.78, 5) is 0.0372. The Balaban J connectivity index is 2.28. The van der Waals surface area contributed by atoms with Crippen LogP contribution in [-0.4, -0.2) is 29.6 Å². The van der Waals surface area contributed by atoms with E-state index in [0.29, 0.717) is 6.54 Å². The highest BCUT2D eigenvalue weighted by Crippen LogP contribution is 2.21. The van der Waals surface area contributed by atoms with Crippen LogP contribution in [0.25, 0.3) is 0 Å². The molecule has 0 aliphatic carbocycles. The van der Waals surface area contributed by atoms with Crippen LogP contribution >= 0.6 is 0 Å². The van der Waals surface area contributed by atoms with Crippen LogP contribution in [0.15, 0.2) is 35.4 Å². The molecular weight excluding hydrogens is 276 g/mol. The van der Waals surface area contributed by atoms with Gasteiger partial charge in [-0.05, 0) is 12.5 Å². The zero-order valence-electron chi connectivity index (χ0n) is 11.7. The summed E-state index contributed by atoms with van der Waals surface area (Å²) in [5.41, 5.74) is 7.67. The third kappa shape index (κ3) is 2.83. The fourth-order valence-corrected chi connectivity index (χ4v) is 3.25. The van der Waals surface area contributed by atoms with Crippen molar-refractivity contribution in [2.24, 2.45) is 7.05 Å². The minimum absolute atomic E-state index is 0.0172. The van der Waals surface area contributed by atoms with Gasteiger partial charge in [0, 0.05) is 26.8 Å². The van der Waals surface area contributed by atoms with Crippen LogP contribution < -0.4 is 5.73 Å². The number of anilines is 1. The number of hydrogen-bond donors (Lipinski definition) is 1. The molecule has 0 saturated heterocycles. The summed E-state index contributed by atoms with van der Waals surface area (Å²) in [6, 6.07) is 7.73. The van der Waals surface area contributed by atoms with E-state index in [1.807, 2.05) is 31.2 Å². The van der Waals surface area contributed by atoms with E-state index in [1.54, 1.807) is 7.05 Å². The molecule has 1 heterocycles. The lowest BCUT2D eigenvalue weighted by molar-refractivity contribution is 0.467. The Morgan fingerprint density at radius 1 is 1.40 bits per heavy atom. The first-order valence-corrected chi connectivity index (χ1v) is 7.55. The highest BCUT2D eigenvalue weighted by atomic mass is 32.2. The van der Waals surface area contributed by atoms with Crippen molar-refractivity contribution >= 4 is 15.8 Å².